The molecule has 1 fully saturated rings. The van der Waals surface area contributed by atoms with Gasteiger partial charge in [0.15, 0.2) is 0 Å². The third kappa shape index (κ3) is 3.15. The van der Waals surface area contributed by atoms with E-state index in [4.69, 9.17) is 10.5 Å². The lowest BCUT2D eigenvalue weighted by Gasteiger charge is -2.32. The molecule has 0 bridgehead atoms. The Bertz CT molecular complexity index is 463. The van der Waals surface area contributed by atoms with Crippen LogP contribution in [0, 0.1) is 15.9 Å². The van der Waals surface area contributed by atoms with Crippen LogP contribution in [0.3, 0.4) is 0 Å². The average molecular weight is 270 g/mol. The molecule has 1 saturated heterocycles. The Labute approximate surface area is 109 Å². The number of pyridine rings is 1. The number of halogens is 1. The van der Waals surface area contributed by atoms with Gasteiger partial charge in [-0.15, -0.1) is 0 Å². The SMILES string of the molecule is NCOC1CCN(c2ncc(F)cc2[N+](=O)[O-])CC1. The number of rotatable bonds is 4. The third-order valence-electron chi connectivity index (χ3n) is 3.08. The summed E-state index contributed by atoms with van der Waals surface area (Å²) in [6.07, 6.45) is 2.49. The standard InChI is InChI=1S/C11H15FN4O3/c12-8-5-10(16(17)18)11(14-6-8)15-3-1-9(2-4-15)19-7-13/h5-6,9H,1-4,7,13H2. The summed E-state index contributed by atoms with van der Waals surface area (Å²) in [6, 6.07) is 0.894. The number of hydrogen-bond donors (Lipinski definition) is 1. The van der Waals surface area contributed by atoms with Gasteiger partial charge < -0.3 is 15.4 Å². The predicted molar refractivity (Wildman–Crippen MR) is 66.2 cm³/mol. The maximum Gasteiger partial charge on any atom is 0.314 e. The molecule has 0 radical (unpaired) electrons. The number of ether oxygens (including phenoxy) is 1. The molecule has 19 heavy (non-hydrogen) atoms. The number of anilines is 1. The molecule has 0 atom stereocenters. The topological polar surface area (TPSA) is 94.5 Å². The summed E-state index contributed by atoms with van der Waals surface area (Å²) in [6.45, 7) is 1.31. The summed E-state index contributed by atoms with van der Waals surface area (Å²) >= 11 is 0. The Morgan fingerprint density at radius 1 is 1.58 bits per heavy atom. The minimum Gasteiger partial charge on any atom is -0.363 e. The maximum absolute atomic E-state index is 13.0. The lowest BCUT2D eigenvalue weighted by molar-refractivity contribution is -0.384. The van der Waals surface area contributed by atoms with Crippen LogP contribution < -0.4 is 10.6 Å². The van der Waals surface area contributed by atoms with E-state index in [0.717, 1.165) is 12.3 Å². The average Bonchev–Trinajstić information content (AvgIpc) is 2.40. The van der Waals surface area contributed by atoms with E-state index in [2.05, 4.69) is 4.98 Å². The fraction of sp³-hybridized carbons (Fsp3) is 0.545. The van der Waals surface area contributed by atoms with E-state index in [1.807, 2.05) is 0 Å². The molecule has 2 heterocycles. The van der Waals surface area contributed by atoms with Gasteiger partial charge in [-0.05, 0) is 12.8 Å². The highest BCUT2D eigenvalue weighted by Crippen LogP contribution is 2.28. The van der Waals surface area contributed by atoms with Crippen LogP contribution in [0.25, 0.3) is 0 Å². The van der Waals surface area contributed by atoms with Crippen LogP contribution in [0.2, 0.25) is 0 Å². The summed E-state index contributed by atoms with van der Waals surface area (Å²) in [5, 5.41) is 10.9. The van der Waals surface area contributed by atoms with Gasteiger partial charge in [-0.2, -0.15) is 0 Å². The van der Waals surface area contributed by atoms with E-state index in [9.17, 15) is 14.5 Å². The van der Waals surface area contributed by atoms with Crippen molar-refractivity contribution in [3.8, 4) is 0 Å². The molecule has 0 aromatic carbocycles. The molecule has 1 aromatic rings. The molecule has 7 nitrogen and oxygen atoms in total. The fourth-order valence-corrected chi connectivity index (χ4v) is 2.17. The Balaban J connectivity index is 2.13. The zero-order valence-corrected chi connectivity index (χ0v) is 10.3. The Morgan fingerprint density at radius 3 is 2.84 bits per heavy atom. The van der Waals surface area contributed by atoms with Crippen molar-refractivity contribution in [1.82, 2.24) is 4.98 Å². The number of piperidine rings is 1. The molecule has 1 aliphatic heterocycles. The number of nitrogens with zero attached hydrogens (tertiary/aromatic N) is 3. The zero-order chi connectivity index (χ0) is 13.8. The number of aromatic nitrogens is 1. The largest absolute Gasteiger partial charge is 0.363 e. The van der Waals surface area contributed by atoms with Crippen LogP contribution in [0.15, 0.2) is 12.3 Å². The molecule has 0 unspecified atom stereocenters. The van der Waals surface area contributed by atoms with Gasteiger partial charge in [0.2, 0.25) is 5.82 Å². The Morgan fingerprint density at radius 2 is 2.26 bits per heavy atom. The van der Waals surface area contributed by atoms with E-state index in [1.165, 1.54) is 0 Å². The van der Waals surface area contributed by atoms with E-state index in [-0.39, 0.29) is 24.3 Å². The minimum atomic E-state index is -0.711. The molecular weight excluding hydrogens is 255 g/mol. The van der Waals surface area contributed by atoms with E-state index >= 15 is 0 Å². The van der Waals surface area contributed by atoms with Gasteiger partial charge in [-0.3, -0.25) is 10.1 Å². The first-order chi connectivity index (χ1) is 9.11. The van der Waals surface area contributed by atoms with Crippen molar-refractivity contribution in [1.29, 1.82) is 0 Å². The van der Waals surface area contributed by atoms with Crippen molar-refractivity contribution in [2.75, 3.05) is 24.7 Å². The zero-order valence-electron chi connectivity index (χ0n) is 10.3. The van der Waals surface area contributed by atoms with Crippen LogP contribution >= 0.6 is 0 Å². The number of hydrogen-bond acceptors (Lipinski definition) is 6. The summed E-state index contributed by atoms with van der Waals surface area (Å²) in [5.74, 6) is -0.505. The van der Waals surface area contributed by atoms with Gasteiger partial charge in [0.25, 0.3) is 0 Å². The van der Waals surface area contributed by atoms with Crippen LogP contribution in [0.5, 0.6) is 0 Å². The van der Waals surface area contributed by atoms with E-state index < -0.39 is 10.7 Å². The van der Waals surface area contributed by atoms with Crippen molar-refractivity contribution in [2.45, 2.75) is 18.9 Å². The normalized spacial score (nSPS) is 16.6. The minimum absolute atomic E-state index is 0.0701. The molecule has 0 spiro atoms. The van der Waals surface area contributed by atoms with Gasteiger partial charge >= 0.3 is 5.69 Å². The van der Waals surface area contributed by atoms with Crippen LogP contribution in [0.4, 0.5) is 15.9 Å². The smallest absolute Gasteiger partial charge is 0.314 e. The highest BCUT2D eigenvalue weighted by atomic mass is 19.1. The maximum atomic E-state index is 13.0. The van der Waals surface area contributed by atoms with Gasteiger partial charge in [0.1, 0.15) is 5.82 Å². The van der Waals surface area contributed by atoms with Crippen LogP contribution in [-0.2, 0) is 4.74 Å². The van der Waals surface area contributed by atoms with E-state index in [0.29, 0.717) is 25.9 Å². The highest BCUT2D eigenvalue weighted by Gasteiger charge is 2.26. The lowest BCUT2D eigenvalue weighted by atomic mass is 10.1. The molecular formula is C11H15FN4O3. The molecule has 8 heteroatoms. The molecule has 2 rings (SSSR count). The highest BCUT2D eigenvalue weighted by molar-refractivity contribution is 5.57. The fourth-order valence-electron chi connectivity index (χ4n) is 2.17. The van der Waals surface area contributed by atoms with Crippen LogP contribution in [-0.4, -0.2) is 35.8 Å². The lowest BCUT2D eigenvalue weighted by Crippen LogP contribution is -2.38. The van der Waals surface area contributed by atoms with Crippen molar-refractivity contribution in [2.24, 2.45) is 5.73 Å². The monoisotopic (exact) mass is 270 g/mol. The summed E-state index contributed by atoms with van der Waals surface area (Å²) < 4.78 is 18.3. The first kappa shape index (κ1) is 13.6. The quantitative estimate of drug-likeness (QED) is 0.499. The van der Waals surface area contributed by atoms with Gasteiger partial charge in [0.05, 0.1) is 30.0 Å². The second kappa shape index (κ2) is 5.89. The summed E-state index contributed by atoms with van der Waals surface area (Å²) in [5.41, 5.74) is 5.00. The molecule has 0 saturated carbocycles. The molecule has 2 N–H and O–H groups in total. The number of nitrogens with two attached hydrogens (primary N) is 1. The molecule has 104 valence electrons. The van der Waals surface area contributed by atoms with Gasteiger partial charge in [-0.25, -0.2) is 9.37 Å². The molecule has 0 amide bonds. The van der Waals surface area contributed by atoms with Gasteiger partial charge in [0, 0.05) is 13.1 Å². The molecule has 0 aliphatic carbocycles. The summed E-state index contributed by atoms with van der Waals surface area (Å²) in [4.78, 5) is 15.9. The number of nitro groups is 1. The Hall–Kier alpha value is -1.80. The van der Waals surface area contributed by atoms with Crippen molar-refractivity contribution in [3.05, 3.63) is 28.2 Å². The first-order valence-electron chi connectivity index (χ1n) is 5.98. The Kier molecular flexibility index (Phi) is 4.23. The molecule has 1 aliphatic rings. The third-order valence-corrected chi connectivity index (χ3v) is 3.08. The van der Waals surface area contributed by atoms with Crippen molar-refractivity contribution in [3.63, 3.8) is 0 Å². The second-order valence-corrected chi connectivity index (χ2v) is 4.27. The predicted octanol–water partition coefficient (Wildman–Crippen LogP) is 1.03. The second-order valence-electron chi connectivity index (χ2n) is 4.27. The van der Waals surface area contributed by atoms with Crippen LogP contribution in [0.1, 0.15) is 12.8 Å². The summed E-state index contributed by atoms with van der Waals surface area (Å²) in [7, 11) is 0. The van der Waals surface area contributed by atoms with Crippen molar-refractivity contribution < 1.29 is 14.1 Å². The van der Waals surface area contributed by atoms with E-state index in [1.54, 1.807) is 4.90 Å². The molecule has 1 aromatic heterocycles. The first-order valence-corrected chi connectivity index (χ1v) is 5.98. The van der Waals surface area contributed by atoms with Crippen molar-refractivity contribution >= 4 is 11.5 Å². The van der Waals surface area contributed by atoms with Gasteiger partial charge in [-0.1, -0.05) is 0 Å².